The highest BCUT2D eigenvalue weighted by Crippen LogP contribution is 2.16. The molecule has 0 saturated heterocycles. The van der Waals surface area contributed by atoms with Crippen molar-refractivity contribution in [3.05, 3.63) is 17.0 Å². The Morgan fingerprint density at radius 3 is 2.82 bits per heavy atom. The van der Waals surface area contributed by atoms with Crippen LogP contribution in [-0.4, -0.2) is 47.7 Å². The maximum atomic E-state index is 11.3. The molecule has 1 amide bonds. The lowest BCUT2D eigenvalue weighted by Crippen LogP contribution is -2.24. The fraction of sp³-hybridized carbons (Fsp3) is 0.400. The average Bonchev–Trinajstić information content (AvgIpc) is 2.29. The number of hydrogen-bond acceptors (Lipinski definition) is 5. The SMILES string of the molecule is CN(C)C(=O)CCNc1ncnc(Cl)c1C=O. The molecule has 6 nitrogen and oxygen atoms in total. The summed E-state index contributed by atoms with van der Waals surface area (Å²) in [5.74, 6) is 0.330. The molecule has 0 radical (unpaired) electrons. The maximum absolute atomic E-state index is 11.3. The number of amides is 1. The summed E-state index contributed by atoms with van der Waals surface area (Å²) in [4.78, 5) is 31.2. The molecule has 0 unspecified atom stereocenters. The molecule has 0 aliphatic carbocycles. The van der Waals surface area contributed by atoms with Crippen LogP contribution in [0, 0.1) is 0 Å². The second-order valence-corrected chi connectivity index (χ2v) is 3.87. The van der Waals surface area contributed by atoms with Gasteiger partial charge < -0.3 is 10.2 Å². The Balaban J connectivity index is 2.61. The summed E-state index contributed by atoms with van der Waals surface area (Å²) < 4.78 is 0. The van der Waals surface area contributed by atoms with Gasteiger partial charge in [-0.2, -0.15) is 0 Å². The van der Waals surface area contributed by atoms with Gasteiger partial charge in [0, 0.05) is 27.1 Å². The van der Waals surface area contributed by atoms with Crippen LogP contribution in [0.1, 0.15) is 16.8 Å². The first-order chi connectivity index (χ1) is 8.06. The molecule has 1 aromatic rings. The molecular weight excluding hydrogens is 244 g/mol. The lowest BCUT2D eigenvalue weighted by Gasteiger charge is -2.11. The van der Waals surface area contributed by atoms with E-state index in [0.29, 0.717) is 25.1 Å². The number of anilines is 1. The van der Waals surface area contributed by atoms with Gasteiger partial charge in [0.1, 0.15) is 17.3 Å². The largest absolute Gasteiger partial charge is 0.369 e. The molecule has 0 bridgehead atoms. The lowest BCUT2D eigenvalue weighted by atomic mass is 10.3. The maximum Gasteiger partial charge on any atom is 0.223 e. The minimum Gasteiger partial charge on any atom is -0.369 e. The third-order valence-corrected chi connectivity index (χ3v) is 2.38. The minimum atomic E-state index is -0.00898. The summed E-state index contributed by atoms with van der Waals surface area (Å²) in [5, 5.41) is 2.97. The number of hydrogen-bond donors (Lipinski definition) is 1. The van der Waals surface area contributed by atoms with E-state index in [2.05, 4.69) is 15.3 Å². The molecular formula is C10H13ClN4O2. The van der Waals surface area contributed by atoms with Gasteiger partial charge in [-0.3, -0.25) is 9.59 Å². The van der Waals surface area contributed by atoms with E-state index in [0.717, 1.165) is 0 Å². The second-order valence-electron chi connectivity index (χ2n) is 3.51. The number of rotatable bonds is 5. The van der Waals surface area contributed by atoms with Gasteiger partial charge in [-0.25, -0.2) is 9.97 Å². The second kappa shape index (κ2) is 6.15. The molecule has 0 aliphatic heterocycles. The Hall–Kier alpha value is -1.69. The molecule has 0 aliphatic rings. The standard InChI is InChI=1S/C10H13ClN4O2/c1-15(2)8(17)3-4-12-10-7(5-16)9(11)13-6-14-10/h5-6H,3-4H2,1-2H3,(H,12,13,14). The third-order valence-electron chi connectivity index (χ3n) is 2.08. The van der Waals surface area contributed by atoms with Crippen molar-refractivity contribution >= 4 is 29.6 Å². The molecule has 17 heavy (non-hydrogen) atoms. The lowest BCUT2D eigenvalue weighted by molar-refractivity contribution is -0.128. The molecule has 1 N–H and O–H groups in total. The molecule has 0 aromatic carbocycles. The van der Waals surface area contributed by atoms with E-state index in [1.807, 2.05) is 0 Å². The smallest absolute Gasteiger partial charge is 0.223 e. The fourth-order valence-electron chi connectivity index (χ4n) is 1.13. The first kappa shape index (κ1) is 13.4. The number of nitrogens with zero attached hydrogens (tertiary/aromatic N) is 3. The highest BCUT2D eigenvalue weighted by atomic mass is 35.5. The van der Waals surface area contributed by atoms with Gasteiger partial charge in [0.05, 0.1) is 5.56 Å². The summed E-state index contributed by atoms with van der Waals surface area (Å²) in [5.41, 5.74) is 0.200. The van der Waals surface area contributed by atoms with Crippen LogP contribution in [0.2, 0.25) is 5.15 Å². The van der Waals surface area contributed by atoms with E-state index in [1.165, 1.54) is 11.2 Å². The summed E-state index contributed by atoms with van der Waals surface area (Å²) in [6.07, 6.45) is 2.15. The van der Waals surface area contributed by atoms with Gasteiger partial charge in [0.25, 0.3) is 0 Å². The number of nitrogens with one attached hydrogen (secondary N) is 1. The van der Waals surface area contributed by atoms with Crippen molar-refractivity contribution in [1.82, 2.24) is 14.9 Å². The van der Waals surface area contributed by atoms with E-state index in [-0.39, 0.29) is 16.6 Å². The van der Waals surface area contributed by atoms with E-state index in [4.69, 9.17) is 11.6 Å². The van der Waals surface area contributed by atoms with Crippen molar-refractivity contribution in [2.75, 3.05) is 26.0 Å². The third kappa shape index (κ3) is 3.67. The van der Waals surface area contributed by atoms with Crippen LogP contribution in [0.15, 0.2) is 6.33 Å². The number of aromatic nitrogens is 2. The van der Waals surface area contributed by atoms with Crippen LogP contribution in [0.3, 0.4) is 0 Å². The first-order valence-corrected chi connectivity index (χ1v) is 5.33. The van der Waals surface area contributed by atoms with Crippen LogP contribution < -0.4 is 5.32 Å². The van der Waals surface area contributed by atoms with Crippen LogP contribution >= 0.6 is 11.6 Å². The van der Waals surface area contributed by atoms with Crippen LogP contribution in [0.25, 0.3) is 0 Å². The predicted molar refractivity (Wildman–Crippen MR) is 64.2 cm³/mol. The zero-order valence-corrected chi connectivity index (χ0v) is 10.4. The van der Waals surface area contributed by atoms with Crippen molar-refractivity contribution < 1.29 is 9.59 Å². The van der Waals surface area contributed by atoms with Gasteiger partial charge in [0.2, 0.25) is 5.91 Å². The van der Waals surface area contributed by atoms with E-state index >= 15 is 0 Å². The van der Waals surface area contributed by atoms with Crippen LogP contribution in [0.5, 0.6) is 0 Å². The zero-order valence-electron chi connectivity index (χ0n) is 9.61. The van der Waals surface area contributed by atoms with E-state index in [9.17, 15) is 9.59 Å². The van der Waals surface area contributed by atoms with Crippen LogP contribution in [0.4, 0.5) is 5.82 Å². The zero-order chi connectivity index (χ0) is 12.8. The molecule has 0 atom stereocenters. The van der Waals surface area contributed by atoms with Crippen molar-refractivity contribution in [3.63, 3.8) is 0 Å². The first-order valence-electron chi connectivity index (χ1n) is 4.96. The Kier molecular flexibility index (Phi) is 4.84. The van der Waals surface area contributed by atoms with E-state index in [1.54, 1.807) is 14.1 Å². The molecule has 1 rings (SSSR count). The minimum absolute atomic E-state index is 0.00898. The number of aldehydes is 1. The van der Waals surface area contributed by atoms with Crippen molar-refractivity contribution in [2.45, 2.75) is 6.42 Å². The monoisotopic (exact) mass is 256 g/mol. The molecule has 0 spiro atoms. The van der Waals surface area contributed by atoms with E-state index < -0.39 is 0 Å². The van der Waals surface area contributed by atoms with Gasteiger partial charge in [0.15, 0.2) is 6.29 Å². The Morgan fingerprint density at radius 1 is 1.53 bits per heavy atom. The quantitative estimate of drug-likeness (QED) is 0.624. The Labute approximate surface area is 104 Å². The number of carbonyl (C=O) groups excluding carboxylic acids is 2. The summed E-state index contributed by atoms with van der Waals surface area (Å²) in [7, 11) is 3.36. The summed E-state index contributed by atoms with van der Waals surface area (Å²) in [6, 6.07) is 0. The average molecular weight is 257 g/mol. The molecule has 7 heteroatoms. The Morgan fingerprint density at radius 2 is 2.24 bits per heavy atom. The van der Waals surface area contributed by atoms with Crippen molar-refractivity contribution in [3.8, 4) is 0 Å². The topological polar surface area (TPSA) is 75.2 Å². The van der Waals surface area contributed by atoms with Gasteiger partial charge in [-0.1, -0.05) is 11.6 Å². The number of carbonyl (C=O) groups is 2. The van der Waals surface area contributed by atoms with Crippen molar-refractivity contribution in [1.29, 1.82) is 0 Å². The fourth-order valence-corrected chi connectivity index (χ4v) is 1.31. The molecule has 1 aromatic heterocycles. The van der Waals surface area contributed by atoms with Crippen molar-refractivity contribution in [2.24, 2.45) is 0 Å². The molecule has 92 valence electrons. The molecule has 0 saturated carbocycles. The summed E-state index contributed by atoms with van der Waals surface area (Å²) >= 11 is 5.72. The van der Waals surface area contributed by atoms with Crippen LogP contribution in [-0.2, 0) is 4.79 Å². The number of halogens is 1. The van der Waals surface area contributed by atoms with Gasteiger partial charge in [-0.15, -0.1) is 0 Å². The van der Waals surface area contributed by atoms with Gasteiger partial charge >= 0.3 is 0 Å². The normalized spacial score (nSPS) is 9.82. The molecule has 0 fully saturated rings. The Bertz CT molecular complexity index is 423. The molecule has 1 heterocycles. The summed E-state index contributed by atoms with van der Waals surface area (Å²) in [6.45, 7) is 0.380. The van der Waals surface area contributed by atoms with Gasteiger partial charge in [-0.05, 0) is 0 Å². The predicted octanol–water partition coefficient (Wildman–Crippen LogP) is 0.833. The highest BCUT2D eigenvalue weighted by molar-refractivity contribution is 6.32. The highest BCUT2D eigenvalue weighted by Gasteiger charge is 2.09.